The number of para-hydroxylation sites is 1. The van der Waals surface area contributed by atoms with Crippen molar-refractivity contribution in [3.8, 4) is 11.5 Å². The van der Waals surface area contributed by atoms with Gasteiger partial charge in [0.2, 0.25) is 0 Å². The molecule has 9 heteroatoms. The molecule has 0 aliphatic carbocycles. The molecule has 0 spiro atoms. The van der Waals surface area contributed by atoms with Crippen molar-refractivity contribution in [3.05, 3.63) is 83.4 Å². The summed E-state index contributed by atoms with van der Waals surface area (Å²) in [6.45, 7) is 2.71. The smallest absolute Gasteiger partial charge is 0.335 e. The zero-order valence-electron chi connectivity index (χ0n) is 21.3. The van der Waals surface area contributed by atoms with Crippen LogP contribution in [0.2, 0.25) is 0 Å². The Kier molecular flexibility index (Phi) is 8.60. The van der Waals surface area contributed by atoms with Gasteiger partial charge in [0.25, 0.3) is 0 Å². The summed E-state index contributed by atoms with van der Waals surface area (Å²) in [5, 5.41) is 18.1. The maximum absolute atomic E-state index is 13.4. The summed E-state index contributed by atoms with van der Waals surface area (Å²) in [6, 6.07) is 18.1. The molecule has 0 bridgehead atoms. The number of carboxylic acid groups (broad SMARTS) is 1. The average molecular weight is 518 g/mol. The zero-order chi connectivity index (χ0) is 27.1. The minimum Gasteiger partial charge on any atom is -0.495 e. The maximum atomic E-state index is 13.4. The average Bonchev–Trinajstić information content (AvgIpc) is 3.44. The third-order valence-corrected chi connectivity index (χ3v) is 6.43. The predicted octanol–water partition coefficient (Wildman–Crippen LogP) is 4.66. The topological polar surface area (TPSA) is 126 Å². The lowest BCUT2D eigenvalue weighted by molar-refractivity contribution is -0.126. The Labute approximate surface area is 221 Å². The number of carbonyl (C=O) groups is 3. The standard InChI is InChI=1S/C29H31N3O6/c1-18-6-3-4-7-22(18)31-29(36)32-23-14-9-19(17-26(23)37-2)16-25(33)27(24-8-5-15-30-24)38-21-12-10-20(11-13-21)28(34)35/h3-4,6-7,9-14,17,24,27,30H,5,8,15-16H2,1-2H3,(H,34,35)(H2,31,32,36). The Morgan fingerprint density at radius 3 is 2.42 bits per heavy atom. The maximum Gasteiger partial charge on any atom is 0.335 e. The number of ether oxygens (including phenoxy) is 2. The van der Waals surface area contributed by atoms with Crippen LogP contribution in [0.4, 0.5) is 16.2 Å². The Morgan fingerprint density at radius 1 is 1.03 bits per heavy atom. The highest BCUT2D eigenvalue weighted by Crippen LogP contribution is 2.27. The van der Waals surface area contributed by atoms with Gasteiger partial charge in [0.05, 0.1) is 24.4 Å². The van der Waals surface area contributed by atoms with Gasteiger partial charge in [-0.15, -0.1) is 0 Å². The molecule has 1 saturated heterocycles. The SMILES string of the molecule is COc1cc(CC(=O)C(Oc2ccc(C(=O)O)cc2)C2CCCN2)ccc1NC(=O)Nc1ccccc1C. The van der Waals surface area contributed by atoms with Crippen LogP contribution in [0, 0.1) is 6.92 Å². The third kappa shape index (κ3) is 6.68. The van der Waals surface area contributed by atoms with Gasteiger partial charge in [-0.1, -0.05) is 24.3 Å². The summed E-state index contributed by atoms with van der Waals surface area (Å²) < 4.78 is 11.5. The molecular weight excluding hydrogens is 486 g/mol. The molecule has 38 heavy (non-hydrogen) atoms. The normalized spacial score (nSPS) is 15.4. The van der Waals surface area contributed by atoms with Crippen LogP contribution < -0.4 is 25.4 Å². The monoisotopic (exact) mass is 517 g/mol. The molecule has 1 aliphatic rings. The summed E-state index contributed by atoms with van der Waals surface area (Å²) in [7, 11) is 1.50. The number of hydrogen-bond donors (Lipinski definition) is 4. The van der Waals surface area contributed by atoms with E-state index in [4.69, 9.17) is 14.6 Å². The number of urea groups is 1. The van der Waals surface area contributed by atoms with E-state index in [-0.39, 0.29) is 23.8 Å². The fraction of sp³-hybridized carbons (Fsp3) is 0.276. The molecule has 0 radical (unpaired) electrons. The first kappa shape index (κ1) is 26.7. The molecule has 3 aromatic carbocycles. The van der Waals surface area contributed by atoms with Crippen LogP contribution in [-0.4, -0.2) is 48.7 Å². The lowest BCUT2D eigenvalue weighted by Gasteiger charge is -2.24. The predicted molar refractivity (Wildman–Crippen MR) is 144 cm³/mol. The molecule has 0 saturated carbocycles. The highest BCUT2D eigenvalue weighted by Gasteiger charge is 2.32. The number of aromatic carboxylic acids is 1. The van der Waals surface area contributed by atoms with Crippen molar-refractivity contribution in [2.75, 3.05) is 24.3 Å². The quantitative estimate of drug-likeness (QED) is 0.308. The molecule has 1 aliphatic heterocycles. The van der Waals surface area contributed by atoms with Gasteiger partial charge in [-0.25, -0.2) is 9.59 Å². The number of amides is 2. The summed E-state index contributed by atoms with van der Waals surface area (Å²) in [5.41, 5.74) is 2.97. The van der Waals surface area contributed by atoms with Crippen LogP contribution in [0.25, 0.3) is 0 Å². The number of carboxylic acids is 1. The van der Waals surface area contributed by atoms with E-state index in [1.54, 1.807) is 30.3 Å². The van der Waals surface area contributed by atoms with E-state index in [1.807, 2.05) is 31.2 Å². The fourth-order valence-electron chi connectivity index (χ4n) is 4.40. The molecule has 4 rings (SSSR count). The second-order valence-corrected chi connectivity index (χ2v) is 9.14. The van der Waals surface area contributed by atoms with Crippen LogP contribution >= 0.6 is 0 Å². The molecule has 4 N–H and O–H groups in total. The molecule has 3 aromatic rings. The minimum atomic E-state index is -1.03. The van der Waals surface area contributed by atoms with Crippen LogP contribution in [0.1, 0.15) is 34.3 Å². The molecule has 2 atom stereocenters. The van der Waals surface area contributed by atoms with Crippen molar-refractivity contribution in [3.63, 3.8) is 0 Å². The number of ketones is 1. The fourth-order valence-corrected chi connectivity index (χ4v) is 4.40. The lowest BCUT2D eigenvalue weighted by atomic mass is 9.98. The number of anilines is 2. The molecule has 198 valence electrons. The molecular formula is C29H31N3O6. The summed E-state index contributed by atoms with van der Waals surface area (Å²) >= 11 is 0. The molecule has 2 amide bonds. The molecule has 9 nitrogen and oxygen atoms in total. The second-order valence-electron chi connectivity index (χ2n) is 9.14. The first-order valence-electron chi connectivity index (χ1n) is 12.4. The van der Waals surface area contributed by atoms with Crippen molar-refractivity contribution < 1.29 is 29.0 Å². The number of nitrogens with one attached hydrogen (secondary N) is 3. The molecule has 1 heterocycles. The summed E-state index contributed by atoms with van der Waals surface area (Å²) in [6.07, 6.45) is 1.10. The first-order valence-corrected chi connectivity index (χ1v) is 12.4. The number of rotatable bonds is 10. The highest BCUT2D eigenvalue weighted by molar-refractivity contribution is 6.01. The number of aryl methyl sites for hydroxylation is 1. The summed E-state index contributed by atoms with van der Waals surface area (Å²) in [5.74, 6) is -0.289. The summed E-state index contributed by atoms with van der Waals surface area (Å²) in [4.78, 5) is 37.1. The van der Waals surface area contributed by atoms with Gasteiger partial charge in [-0.2, -0.15) is 0 Å². The van der Waals surface area contributed by atoms with Crippen molar-refractivity contribution >= 4 is 29.2 Å². The molecule has 1 fully saturated rings. The number of carbonyl (C=O) groups excluding carboxylic acids is 2. The number of methoxy groups -OCH3 is 1. The van der Waals surface area contributed by atoms with Crippen molar-refractivity contribution in [1.82, 2.24) is 5.32 Å². The Morgan fingerprint density at radius 2 is 1.76 bits per heavy atom. The number of benzene rings is 3. The second kappa shape index (κ2) is 12.2. The van der Waals surface area contributed by atoms with Gasteiger partial charge in [-0.3, -0.25) is 4.79 Å². The van der Waals surface area contributed by atoms with E-state index in [2.05, 4.69) is 16.0 Å². The highest BCUT2D eigenvalue weighted by atomic mass is 16.5. The van der Waals surface area contributed by atoms with E-state index in [1.165, 1.54) is 19.2 Å². The first-order chi connectivity index (χ1) is 18.3. The Hall–Kier alpha value is -4.37. The molecule has 0 aromatic heterocycles. The zero-order valence-corrected chi connectivity index (χ0v) is 21.3. The van der Waals surface area contributed by atoms with E-state index >= 15 is 0 Å². The largest absolute Gasteiger partial charge is 0.495 e. The van der Waals surface area contributed by atoms with E-state index in [0.717, 1.165) is 24.9 Å². The Balaban J connectivity index is 1.45. The van der Waals surface area contributed by atoms with Crippen molar-refractivity contribution in [2.24, 2.45) is 0 Å². The van der Waals surface area contributed by atoms with E-state index < -0.39 is 18.1 Å². The van der Waals surface area contributed by atoms with Gasteiger partial charge in [0.15, 0.2) is 11.9 Å². The Bertz CT molecular complexity index is 1300. The number of Topliss-reactive ketones (excluding diaryl/α,β-unsaturated/α-hetero) is 1. The van der Waals surface area contributed by atoms with Crippen molar-refractivity contribution in [1.29, 1.82) is 0 Å². The van der Waals surface area contributed by atoms with E-state index in [0.29, 0.717) is 28.4 Å². The number of hydrogen-bond acceptors (Lipinski definition) is 6. The van der Waals surface area contributed by atoms with E-state index in [9.17, 15) is 14.4 Å². The van der Waals surface area contributed by atoms with Crippen LogP contribution in [0.3, 0.4) is 0 Å². The minimum absolute atomic E-state index is 0.0993. The van der Waals surface area contributed by atoms with Gasteiger partial charge in [0.1, 0.15) is 11.5 Å². The van der Waals surface area contributed by atoms with Gasteiger partial charge in [0, 0.05) is 12.1 Å². The lowest BCUT2D eigenvalue weighted by Crippen LogP contribution is -2.45. The van der Waals surface area contributed by atoms with Crippen LogP contribution in [0.15, 0.2) is 66.7 Å². The van der Waals surface area contributed by atoms with Gasteiger partial charge in [-0.05, 0) is 79.9 Å². The van der Waals surface area contributed by atoms with Crippen molar-refractivity contribution in [2.45, 2.75) is 38.3 Å². The molecule has 2 unspecified atom stereocenters. The van der Waals surface area contributed by atoms with Crippen LogP contribution in [0.5, 0.6) is 11.5 Å². The van der Waals surface area contributed by atoms with Crippen LogP contribution in [-0.2, 0) is 11.2 Å². The van der Waals surface area contributed by atoms with Gasteiger partial charge < -0.3 is 30.5 Å². The third-order valence-electron chi connectivity index (χ3n) is 6.43. The van der Waals surface area contributed by atoms with Gasteiger partial charge >= 0.3 is 12.0 Å².